The van der Waals surface area contributed by atoms with Crippen molar-refractivity contribution in [1.29, 1.82) is 0 Å². The molecule has 0 spiro atoms. The summed E-state index contributed by atoms with van der Waals surface area (Å²) in [5.41, 5.74) is -0.305. The van der Waals surface area contributed by atoms with Gasteiger partial charge in [0.15, 0.2) is 5.60 Å². The Labute approximate surface area is 212 Å². The second-order valence-corrected chi connectivity index (χ2v) is 11.3. The molecule has 2 atom stereocenters. The summed E-state index contributed by atoms with van der Waals surface area (Å²) in [4.78, 5) is 27.9. The topological polar surface area (TPSA) is 72.8 Å². The predicted molar refractivity (Wildman–Crippen MR) is 139 cm³/mol. The third kappa shape index (κ3) is 6.10. The number of carbonyl (C=O) groups excluding carboxylic acids is 2. The Morgan fingerprint density at radius 2 is 1.74 bits per heavy atom. The molecule has 5 nitrogen and oxygen atoms in total. The molecule has 1 heterocycles. The molecule has 0 amide bonds. The molecule has 2 unspecified atom stereocenters. The molecule has 1 N–H and O–H groups in total. The molecule has 0 saturated carbocycles. The molecule has 188 valence electrons. The van der Waals surface area contributed by atoms with E-state index >= 15 is 0 Å². The van der Waals surface area contributed by atoms with Crippen LogP contribution in [-0.2, 0) is 24.7 Å². The maximum atomic E-state index is 13.5. The van der Waals surface area contributed by atoms with Gasteiger partial charge in [0.25, 0.3) is 0 Å². The molecular formula is C29H36O5S. The summed E-state index contributed by atoms with van der Waals surface area (Å²) < 4.78 is 11.9. The number of hydrogen-bond donors (Lipinski definition) is 1. The van der Waals surface area contributed by atoms with Gasteiger partial charge in [-0.15, -0.1) is 0 Å². The molecule has 6 heteroatoms. The number of cyclic esters (lactones) is 1. The van der Waals surface area contributed by atoms with Crippen LogP contribution in [0.15, 0.2) is 70.2 Å². The van der Waals surface area contributed by atoms with Crippen molar-refractivity contribution in [3.63, 3.8) is 0 Å². The zero-order valence-corrected chi connectivity index (χ0v) is 22.3. The van der Waals surface area contributed by atoms with E-state index in [1.165, 1.54) is 11.8 Å². The molecule has 2 aromatic carbocycles. The number of benzene rings is 2. The summed E-state index contributed by atoms with van der Waals surface area (Å²) in [7, 11) is 0. The van der Waals surface area contributed by atoms with E-state index in [9.17, 15) is 14.7 Å². The molecule has 1 aliphatic rings. The molecule has 35 heavy (non-hydrogen) atoms. The second kappa shape index (κ2) is 10.9. The van der Waals surface area contributed by atoms with Crippen molar-refractivity contribution in [1.82, 2.24) is 0 Å². The normalized spacial score (nSPS) is 19.5. The lowest BCUT2D eigenvalue weighted by molar-refractivity contribution is -0.185. The first kappa shape index (κ1) is 26.9. The first-order valence-electron chi connectivity index (χ1n) is 12.2. The minimum atomic E-state index is -1.36. The van der Waals surface area contributed by atoms with Gasteiger partial charge in [-0.3, -0.25) is 4.79 Å². The van der Waals surface area contributed by atoms with Crippen molar-refractivity contribution in [3.05, 3.63) is 76.4 Å². The van der Waals surface area contributed by atoms with Crippen LogP contribution in [-0.4, -0.2) is 22.6 Å². The standard InChI is InChI=1S/C29H36O5S/c1-7-13-22(26(31)33-28(4,5)6)29(20-14-9-8-10-15-20)18-23(30)25(27(32)34-29)35-24-17-12-11-16-21(24)19(2)3/h8-12,14-17,19,22,30H,7,13,18H2,1-6H3. The first-order valence-corrected chi connectivity index (χ1v) is 13.0. The number of hydrogen-bond acceptors (Lipinski definition) is 6. The van der Waals surface area contributed by atoms with E-state index in [4.69, 9.17) is 9.47 Å². The second-order valence-electron chi connectivity index (χ2n) is 10.3. The van der Waals surface area contributed by atoms with Crippen molar-refractivity contribution in [3.8, 4) is 0 Å². The monoisotopic (exact) mass is 496 g/mol. The van der Waals surface area contributed by atoms with Crippen molar-refractivity contribution >= 4 is 23.7 Å². The van der Waals surface area contributed by atoms with Crippen molar-refractivity contribution in [2.75, 3.05) is 0 Å². The smallest absolute Gasteiger partial charge is 0.349 e. The minimum absolute atomic E-state index is 0.00115. The SMILES string of the molecule is CCCC(C(=O)OC(C)(C)C)C1(c2ccccc2)CC(O)=C(Sc2ccccc2C(C)C)C(=O)O1. The number of thioether (sulfide) groups is 1. The van der Waals surface area contributed by atoms with Crippen molar-refractivity contribution < 1.29 is 24.2 Å². The average Bonchev–Trinajstić information content (AvgIpc) is 2.79. The van der Waals surface area contributed by atoms with Gasteiger partial charge in [-0.2, -0.15) is 0 Å². The van der Waals surface area contributed by atoms with E-state index in [0.29, 0.717) is 18.4 Å². The molecule has 0 radical (unpaired) electrons. The third-order valence-electron chi connectivity index (χ3n) is 6.00. The van der Waals surface area contributed by atoms with E-state index in [0.717, 1.165) is 10.5 Å². The minimum Gasteiger partial charge on any atom is -0.511 e. The van der Waals surface area contributed by atoms with Gasteiger partial charge >= 0.3 is 11.9 Å². The maximum absolute atomic E-state index is 13.5. The van der Waals surface area contributed by atoms with Crippen LogP contribution in [0.2, 0.25) is 0 Å². The van der Waals surface area contributed by atoms with Gasteiger partial charge in [0.1, 0.15) is 22.2 Å². The van der Waals surface area contributed by atoms with E-state index in [-0.39, 0.29) is 23.0 Å². The van der Waals surface area contributed by atoms with Crippen LogP contribution in [0.1, 0.15) is 77.8 Å². The molecule has 2 aromatic rings. The Bertz CT molecular complexity index is 1080. The first-order chi connectivity index (χ1) is 16.5. The van der Waals surface area contributed by atoms with E-state index in [2.05, 4.69) is 13.8 Å². The zero-order chi connectivity index (χ0) is 25.8. The van der Waals surface area contributed by atoms with Crippen LogP contribution in [0.5, 0.6) is 0 Å². The number of carbonyl (C=O) groups is 2. The lowest BCUT2D eigenvalue weighted by atomic mass is 9.75. The summed E-state index contributed by atoms with van der Waals surface area (Å²) in [6.07, 6.45) is 1.13. The van der Waals surface area contributed by atoms with Crippen molar-refractivity contribution in [2.24, 2.45) is 5.92 Å². The Balaban J connectivity index is 2.09. The van der Waals surface area contributed by atoms with Crippen LogP contribution in [0.25, 0.3) is 0 Å². The van der Waals surface area contributed by atoms with Crippen LogP contribution >= 0.6 is 11.8 Å². The predicted octanol–water partition coefficient (Wildman–Crippen LogP) is 7.27. The van der Waals surface area contributed by atoms with E-state index < -0.39 is 29.1 Å². The summed E-state index contributed by atoms with van der Waals surface area (Å²) in [6, 6.07) is 17.0. The van der Waals surface area contributed by atoms with Gasteiger partial charge in [-0.25, -0.2) is 4.79 Å². The highest BCUT2D eigenvalue weighted by molar-refractivity contribution is 8.04. The van der Waals surface area contributed by atoms with Crippen LogP contribution in [0.4, 0.5) is 0 Å². The number of esters is 2. The van der Waals surface area contributed by atoms with Gasteiger partial charge in [0, 0.05) is 4.90 Å². The van der Waals surface area contributed by atoms with Crippen LogP contribution in [0.3, 0.4) is 0 Å². The molecule has 0 aromatic heterocycles. The fourth-order valence-corrected chi connectivity index (χ4v) is 5.54. The Morgan fingerprint density at radius 1 is 1.11 bits per heavy atom. The molecule has 0 bridgehead atoms. The van der Waals surface area contributed by atoms with Gasteiger partial charge in [-0.1, -0.05) is 87.5 Å². The largest absolute Gasteiger partial charge is 0.511 e. The lowest BCUT2D eigenvalue weighted by Gasteiger charge is -2.42. The van der Waals surface area contributed by atoms with E-state index in [1.54, 1.807) is 0 Å². The highest BCUT2D eigenvalue weighted by atomic mass is 32.2. The molecule has 1 aliphatic heterocycles. The van der Waals surface area contributed by atoms with Crippen LogP contribution < -0.4 is 0 Å². The summed E-state index contributed by atoms with van der Waals surface area (Å²) in [5.74, 6) is -1.66. The summed E-state index contributed by atoms with van der Waals surface area (Å²) in [6.45, 7) is 11.6. The quantitative estimate of drug-likeness (QED) is 0.387. The lowest BCUT2D eigenvalue weighted by Crippen LogP contribution is -2.48. The third-order valence-corrected chi connectivity index (χ3v) is 7.20. The highest BCUT2D eigenvalue weighted by Crippen LogP contribution is 2.49. The number of aliphatic hydroxyl groups is 1. The number of rotatable bonds is 8. The number of aliphatic hydroxyl groups excluding tert-OH is 1. The molecule has 0 aliphatic carbocycles. The van der Waals surface area contributed by atoms with Gasteiger partial charge in [0.05, 0.1) is 6.42 Å². The fraction of sp³-hybridized carbons (Fsp3) is 0.448. The molecule has 0 saturated heterocycles. The van der Waals surface area contributed by atoms with Gasteiger partial charge in [0.2, 0.25) is 0 Å². The molecule has 3 rings (SSSR count). The maximum Gasteiger partial charge on any atom is 0.349 e. The van der Waals surface area contributed by atoms with E-state index in [1.807, 2.05) is 82.3 Å². The Kier molecular flexibility index (Phi) is 8.37. The summed E-state index contributed by atoms with van der Waals surface area (Å²) >= 11 is 1.21. The fourth-order valence-electron chi connectivity index (χ4n) is 4.44. The Morgan fingerprint density at radius 3 is 2.31 bits per heavy atom. The Hall–Kier alpha value is -2.73. The average molecular weight is 497 g/mol. The molecular weight excluding hydrogens is 460 g/mol. The van der Waals surface area contributed by atoms with Crippen LogP contribution in [0, 0.1) is 5.92 Å². The zero-order valence-electron chi connectivity index (χ0n) is 21.5. The van der Waals surface area contributed by atoms with Gasteiger partial charge in [-0.05, 0) is 50.3 Å². The molecule has 0 fully saturated rings. The highest BCUT2D eigenvalue weighted by Gasteiger charge is 2.53. The number of ether oxygens (including phenoxy) is 2. The summed E-state index contributed by atoms with van der Waals surface area (Å²) in [5, 5.41) is 11.3. The van der Waals surface area contributed by atoms with Crippen molar-refractivity contribution in [2.45, 2.75) is 82.8 Å². The van der Waals surface area contributed by atoms with Gasteiger partial charge < -0.3 is 14.6 Å².